The van der Waals surface area contributed by atoms with Crippen LogP contribution in [0.1, 0.15) is 26.7 Å². The summed E-state index contributed by atoms with van der Waals surface area (Å²) in [6.45, 7) is 4.32. The van der Waals surface area contributed by atoms with Gasteiger partial charge in [-0.1, -0.05) is 21.5 Å². The zero-order valence-electron chi connectivity index (χ0n) is 8.47. The summed E-state index contributed by atoms with van der Waals surface area (Å²) in [7, 11) is 1.67. The average molecular weight is 249 g/mol. The minimum Gasteiger partial charge on any atom is -0.355 e. The Kier molecular flexibility index (Phi) is 4.42. The molecule has 0 aromatic carbocycles. The van der Waals surface area contributed by atoms with Crippen LogP contribution in [0, 0.1) is 0 Å². The normalized spacial score (nSPS) is 25.4. The van der Waals surface area contributed by atoms with Gasteiger partial charge in [-0.15, -0.1) is 0 Å². The smallest absolute Gasteiger partial charge is 0.167 e. The summed E-state index contributed by atoms with van der Waals surface area (Å²) in [6, 6.07) is 0. The lowest BCUT2D eigenvalue weighted by atomic mass is 10.2. The van der Waals surface area contributed by atoms with E-state index in [1.54, 1.807) is 7.11 Å². The summed E-state index contributed by atoms with van der Waals surface area (Å²) in [5.74, 6) is 0. The molecule has 0 amide bonds. The predicted molar refractivity (Wildman–Crippen MR) is 57.1 cm³/mol. The van der Waals surface area contributed by atoms with Crippen molar-refractivity contribution in [2.24, 2.45) is 0 Å². The number of hydrogen-bond acceptors (Lipinski definition) is 2. The Labute approximate surface area is 88.4 Å². The van der Waals surface area contributed by atoms with E-state index in [0.717, 1.165) is 18.2 Å². The first kappa shape index (κ1) is 11.2. The van der Waals surface area contributed by atoms with E-state index in [0.29, 0.717) is 0 Å². The van der Waals surface area contributed by atoms with Gasteiger partial charge in [-0.3, -0.25) is 0 Å². The Balaban J connectivity index is 2.46. The van der Waals surface area contributed by atoms with Crippen molar-refractivity contribution in [2.45, 2.75) is 39.1 Å². The van der Waals surface area contributed by atoms with Crippen LogP contribution < -0.4 is 0 Å². The van der Waals surface area contributed by atoms with Gasteiger partial charge in [0.2, 0.25) is 0 Å². The van der Waals surface area contributed by atoms with Crippen LogP contribution in [-0.2, 0) is 9.47 Å². The van der Waals surface area contributed by atoms with Crippen molar-refractivity contribution < 1.29 is 9.47 Å². The van der Waals surface area contributed by atoms with Crippen LogP contribution in [0.5, 0.6) is 0 Å². The number of alkyl halides is 1. The monoisotopic (exact) mass is 248 g/mol. The molecule has 1 aliphatic carbocycles. The largest absolute Gasteiger partial charge is 0.355 e. The highest BCUT2D eigenvalue weighted by atomic mass is 79.9. The second-order valence-corrected chi connectivity index (χ2v) is 4.09. The third kappa shape index (κ3) is 2.79. The van der Waals surface area contributed by atoms with Gasteiger partial charge in [-0.25, -0.2) is 0 Å². The molecule has 1 aliphatic rings. The molecule has 0 spiro atoms. The highest BCUT2D eigenvalue weighted by molar-refractivity contribution is 9.09. The summed E-state index contributed by atoms with van der Waals surface area (Å²) in [6.07, 6.45) is 2.41. The van der Waals surface area contributed by atoms with Crippen LogP contribution in [0.4, 0.5) is 0 Å². The Morgan fingerprint density at radius 3 is 2.62 bits per heavy atom. The second kappa shape index (κ2) is 5.13. The molecule has 0 aromatic heterocycles. The number of allylic oxidation sites excluding steroid dienone is 1. The molecular weight excluding hydrogens is 232 g/mol. The summed E-state index contributed by atoms with van der Waals surface area (Å²) < 4.78 is 10.9. The standard InChI is InChI=1S/C10H17BrO2/c1-7-4-5-9(8(7)2)13-10(6-11)12-3/h9-10H,4-6H2,1-3H3. The molecule has 0 bridgehead atoms. The van der Waals surface area contributed by atoms with Gasteiger partial charge in [0.25, 0.3) is 0 Å². The molecule has 0 saturated heterocycles. The molecule has 0 heterocycles. The van der Waals surface area contributed by atoms with E-state index in [2.05, 4.69) is 29.8 Å². The van der Waals surface area contributed by atoms with Gasteiger partial charge in [0, 0.05) is 7.11 Å². The van der Waals surface area contributed by atoms with Crippen molar-refractivity contribution in [1.29, 1.82) is 0 Å². The summed E-state index contributed by atoms with van der Waals surface area (Å²) in [4.78, 5) is 0. The van der Waals surface area contributed by atoms with Gasteiger partial charge >= 0.3 is 0 Å². The van der Waals surface area contributed by atoms with Crippen molar-refractivity contribution in [2.75, 3.05) is 12.4 Å². The molecule has 0 aromatic rings. The molecule has 76 valence electrons. The first-order valence-electron chi connectivity index (χ1n) is 4.59. The topological polar surface area (TPSA) is 18.5 Å². The molecule has 0 aliphatic heterocycles. The Morgan fingerprint density at radius 1 is 1.54 bits per heavy atom. The molecule has 3 heteroatoms. The van der Waals surface area contributed by atoms with Gasteiger partial charge in [-0.2, -0.15) is 0 Å². The van der Waals surface area contributed by atoms with Gasteiger partial charge in [0.15, 0.2) is 6.29 Å². The maximum absolute atomic E-state index is 5.77. The van der Waals surface area contributed by atoms with E-state index in [9.17, 15) is 0 Å². The second-order valence-electron chi connectivity index (χ2n) is 3.45. The first-order chi connectivity index (χ1) is 6.19. The summed E-state index contributed by atoms with van der Waals surface area (Å²) >= 11 is 3.35. The molecule has 0 radical (unpaired) electrons. The Hall–Kier alpha value is 0.140. The molecule has 0 fully saturated rings. The summed E-state index contributed by atoms with van der Waals surface area (Å²) in [5.41, 5.74) is 2.84. The maximum Gasteiger partial charge on any atom is 0.167 e. The van der Waals surface area contributed by atoms with Gasteiger partial charge in [0.1, 0.15) is 0 Å². The molecular formula is C10H17BrO2. The number of ether oxygens (including phenoxy) is 2. The molecule has 13 heavy (non-hydrogen) atoms. The third-order valence-corrected chi connectivity index (χ3v) is 3.17. The van der Waals surface area contributed by atoms with Crippen LogP contribution in [0.15, 0.2) is 11.1 Å². The predicted octanol–water partition coefficient (Wildman–Crippen LogP) is 2.87. The van der Waals surface area contributed by atoms with Crippen molar-refractivity contribution in [3.05, 3.63) is 11.1 Å². The maximum atomic E-state index is 5.77. The van der Waals surface area contributed by atoms with Gasteiger partial charge in [0.05, 0.1) is 11.4 Å². The third-order valence-electron chi connectivity index (χ3n) is 2.64. The minimum atomic E-state index is -0.120. The zero-order valence-corrected chi connectivity index (χ0v) is 10.1. The quantitative estimate of drug-likeness (QED) is 0.433. The molecule has 2 atom stereocenters. The van der Waals surface area contributed by atoms with Gasteiger partial charge in [-0.05, 0) is 32.3 Å². The van der Waals surface area contributed by atoms with E-state index >= 15 is 0 Å². The van der Waals surface area contributed by atoms with Crippen LogP contribution in [0.3, 0.4) is 0 Å². The minimum absolute atomic E-state index is 0.120. The van der Waals surface area contributed by atoms with Crippen molar-refractivity contribution in [3.63, 3.8) is 0 Å². The van der Waals surface area contributed by atoms with E-state index < -0.39 is 0 Å². The van der Waals surface area contributed by atoms with Crippen LogP contribution in [0.25, 0.3) is 0 Å². The lowest BCUT2D eigenvalue weighted by molar-refractivity contribution is -0.129. The SMILES string of the molecule is COC(CBr)OC1CCC(C)=C1C. The lowest BCUT2D eigenvalue weighted by Crippen LogP contribution is -2.24. The molecule has 2 nitrogen and oxygen atoms in total. The van der Waals surface area contributed by atoms with E-state index in [4.69, 9.17) is 9.47 Å². The number of hydrogen-bond donors (Lipinski definition) is 0. The van der Waals surface area contributed by atoms with E-state index in [-0.39, 0.29) is 12.4 Å². The Morgan fingerprint density at radius 2 is 2.23 bits per heavy atom. The molecule has 0 N–H and O–H groups in total. The summed E-state index contributed by atoms with van der Waals surface area (Å²) in [5, 5.41) is 0.728. The van der Waals surface area contributed by atoms with Gasteiger partial charge < -0.3 is 9.47 Å². The highest BCUT2D eigenvalue weighted by Crippen LogP contribution is 2.28. The zero-order chi connectivity index (χ0) is 9.84. The van der Waals surface area contributed by atoms with E-state index in [1.165, 1.54) is 11.1 Å². The van der Waals surface area contributed by atoms with E-state index in [1.807, 2.05) is 0 Å². The number of halogens is 1. The number of methoxy groups -OCH3 is 1. The fraction of sp³-hybridized carbons (Fsp3) is 0.800. The van der Waals surface area contributed by atoms with Crippen LogP contribution >= 0.6 is 15.9 Å². The fourth-order valence-electron chi connectivity index (χ4n) is 1.54. The van der Waals surface area contributed by atoms with Crippen molar-refractivity contribution >= 4 is 15.9 Å². The molecule has 2 unspecified atom stereocenters. The number of rotatable bonds is 4. The van der Waals surface area contributed by atoms with Crippen LogP contribution in [0.2, 0.25) is 0 Å². The average Bonchev–Trinajstić information content (AvgIpc) is 2.45. The van der Waals surface area contributed by atoms with Crippen molar-refractivity contribution in [1.82, 2.24) is 0 Å². The van der Waals surface area contributed by atoms with Crippen molar-refractivity contribution in [3.8, 4) is 0 Å². The molecule has 0 saturated carbocycles. The molecule has 1 rings (SSSR count). The fourth-order valence-corrected chi connectivity index (χ4v) is 1.96. The van der Waals surface area contributed by atoms with Crippen LogP contribution in [-0.4, -0.2) is 24.8 Å². The first-order valence-corrected chi connectivity index (χ1v) is 5.71. The highest BCUT2D eigenvalue weighted by Gasteiger charge is 2.23. The Bertz CT molecular complexity index is 197. The lowest BCUT2D eigenvalue weighted by Gasteiger charge is -2.20.